The lowest BCUT2D eigenvalue weighted by molar-refractivity contribution is -0.137. The fraction of sp³-hybridized carbons (Fsp3) is 0.611. The number of sulfonamides is 1. The Balaban J connectivity index is 1.51. The van der Waals surface area contributed by atoms with Crippen LogP contribution in [0.2, 0.25) is 0 Å². The van der Waals surface area contributed by atoms with Crippen LogP contribution in [0, 0.1) is 11.7 Å². The van der Waals surface area contributed by atoms with Gasteiger partial charge in [0.25, 0.3) is 0 Å². The van der Waals surface area contributed by atoms with Crippen LogP contribution in [0.15, 0.2) is 24.3 Å². The van der Waals surface area contributed by atoms with Crippen molar-refractivity contribution in [3.63, 3.8) is 0 Å². The smallest absolute Gasteiger partial charge is 0.225 e. The molecule has 26 heavy (non-hydrogen) atoms. The molecule has 0 bridgehead atoms. The Hall–Kier alpha value is -1.67. The van der Waals surface area contributed by atoms with E-state index in [0.29, 0.717) is 39.0 Å². The van der Waals surface area contributed by atoms with Gasteiger partial charge in [-0.3, -0.25) is 4.79 Å². The van der Waals surface area contributed by atoms with E-state index in [-0.39, 0.29) is 23.4 Å². The van der Waals surface area contributed by atoms with E-state index in [4.69, 9.17) is 0 Å². The molecule has 0 aromatic heterocycles. The van der Waals surface area contributed by atoms with Gasteiger partial charge in [0.05, 0.1) is 5.75 Å². The molecule has 0 aliphatic carbocycles. The molecule has 2 saturated heterocycles. The van der Waals surface area contributed by atoms with Crippen LogP contribution in [0.25, 0.3) is 0 Å². The summed E-state index contributed by atoms with van der Waals surface area (Å²) >= 11 is 0. The number of amides is 1. The van der Waals surface area contributed by atoms with Gasteiger partial charge in [0.1, 0.15) is 5.82 Å². The van der Waals surface area contributed by atoms with Crippen LogP contribution in [0.1, 0.15) is 19.8 Å². The monoisotopic (exact) mass is 383 g/mol. The van der Waals surface area contributed by atoms with E-state index in [0.717, 1.165) is 18.8 Å². The van der Waals surface area contributed by atoms with E-state index in [1.165, 1.54) is 16.4 Å². The zero-order valence-corrected chi connectivity index (χ0v) is 15.9. The summed E-state index contributed by atoms with van der Waals surface area (Å²) in [6.07, 6.45) is 1.19. The van der Waals surface area contributed by atoms with Crippen molar-refractivity contribution in [2.45, 2.75) is 19.8 Å². The first-order valence-electron chi connectivity index (χ1n) is 9.18. The van der Waals surface area contributed by atoms with E-state index in [9.17, 15) is 17.6 Å². The number of nitrogens with zero attached hydrogens (tertiary/aromatic N) is 3. The third kappa shape index (κ3) is 4.17. The molecular weight excluding hydrogens is 357 g/mol. The van der Waals surface area contributed by atoms with Crippen LogP contribution in [0.5, 0.6) is 0 Å². The number of hydrogen-bond acceptors (Lipinski definition) is 4. The minimum Gasteiger partial charge on any atom is -0.368 e. The highest BCUT2D eigenvalue weighted by Crippen LogP contribution is 2.23. The molecule has 2 fully saturated rings. The summed E-state index contributed by atoms with van der Waals surface area (Å²) in [6, 6.07) is 6.42. The van der Waals surface area contributed by atoms with Gasteiger partial charge in [0, 0.05) is 50.9 Å². The van der Waals surface area contributed by atoms with Gasteiger partial charge in [-0.1, -0.05) is 0 Å². The van der Waals surface area contributed by atoms with Gasteiger partial charge in [0.2, 0.25) is 15.9 Å². The highest BCUT2D eigenvalue weighted by molar-refractivity contribution is 7.89. The minimum absolute atomic E-state index is 0.0873. The Morgan fingerprint density at radius 1 is 1.04 bits per heavy atom. The van der Waals surface area contributed by atoms with Gasteiger partial charge >= 0.3 is 0 Å². The Morgan fingerprint density at radius 3 is 2.15 bits per heavy atom. The van der Waals surface area contributed by atoms with Crippen LogP contribution in [0.4, 0.5) is 10.1 Å². The van der Waals surface area contributed by atoms with E-state index < -0.39 is 10.0 Å². The van der Waals surface area contributed by atoms with Crippen LogP contribution in [0.3, 0.4) is 0 Å². The second kappa shape index (κ2) is 7.92. The molecule has 0 spiro atoms. The van der Waals surface area contributed by atoms with Crippen LogP contribution < -0.4 is 4.90 Å². The topological polar surface area (TPSA) is 60.9 Å². The number of anilines is 1. The van der Waals surface area contributed by atoms with Gasteiger partial charge in [-0.05, 0) is 44.0 Å². The van der Waals surface area contributed by atoms with Gasteiger partial charge in [-0.25, -0.2) is 17.1 Å². The Bertz CT molecular complexity index is 723. The van der Waals surface area contributed by atoms with Gasteiger partial charge in [-0.15, -0.1) is 0 Å². The van der Waals surface area contributed by atoms with E-state index in [1.54, 1.807) is 19.1 Å². The molecule has 3 rings (SSSR count). The first kappa shape index (κ1) is 19.1. The number of benzene rings is 1. The van der Waals surface area contributed by atoms with Crippen molar-refractivity contribution in [2.24, 2.45) is 5.92 Å². The maximum absolute atomic E-state index is 13.0. The lowest BCUT2D eigenvalue weighted by Gasteiger charge is -2.39. The standard InChI is InChI=1S/C18H26FN3O3S/c1-2-26(24,25)22-9-7-15(8-10-22)18(23)21-13-11-20(12-14-21)17-5-3-16(19)4-6-17/h3-6,15H,2,7-14H2,1H3. The molecule has 0 saturated carbocycles. The Labute approximate surface area is 154 Å². The molecular formula is C18H26FN3O3S. The van der Waals surface area contributed by atoms with Gasteiger partial charge < -0.3 is 9.80 Å². The molecule has 0 unspecified atom stereocenters. The first-order valence-corrected chi connectivity index (χ1v) is 10.8. The zero-order chi connectivity index (χ0) is 18.7. The summed E-state index contributed by atoms with van der Waals surface area (Å²) in [5.74, 6) is -0.0938. The van der Waals surface area contributed by atoms with Crippen molar-refractivity contribution in [1.82, 2.24) is 9.21 Å². The van der Waals surface area contributed by atoms with Crippen molar-refractivity contribution in [2.75, 3.05) is 49.9 Å². The summed E-state index contributed by atoms with van der Waals surface area (Å²) < 4.78 is 38.4. The summed E-state index contributed by atoms with van der Waals surface area (Å²) in [4.78, 5) is 16.8. The predicted molar refractivity (Wildman–Crippen MR) is 99.0 cm³/mol. The number of piperazine rings is 1. The number of rotatable bonds is 4. The number of halogens is 1. The van der Waals surface area contributed by atoms with Crippen LogP contribution in [-0.4, -0.2) is 68.6 Å². The maximum Gasteiger partial charge on any atom is 0.225 e. The third-order valence-electron chi connectivity index (χ3n) is 5.34. The summed E-state index contributed by atoms with van der Waals surface area (Å²) in [5, 5.41) is 0. The van der Waals surface area contributed by atoms with Crippen molar-refractivity contribution in [1.29, 1.82) is 0 Å². The molecule has 1 aromatic carbocycles. The number of carbonyl (C=O) groups is 1. The second-order valence-corrected chi connectivity index (χ2v) is 9.12. The van der Waals surface area contributed by atoms with Crippen molar-refractivity contribution in [3.8, 4) is 0 Å². The molecule has 0 N–H and O–H groups in total. The van der Waals surface area contributed by atoms with Crippen molar-refractivity contribution in [3.05, 3.63) is 30.1 Å². The SMILES string of the molecule is CCS(=O)(=O)N1CCC(C(=O)N2CCN(c3ccc(F)cc3)CC2)CC1. The molecule has 0 radical (unpaired) electrons. The molecule has 0 atom stereocenters. The van der Waals surface area contributed by atoms with Gasteiger partial charge in [0.15, 0.2) is 0 Å². The molecule has 1 amide bonds. The fourth-order valence-corrected chi connectivity index (χ4v) is 4.79. The van der Waals surface area contributed by atoms with Crippen molar-refractivity contribution < 1.29 is 17.6 Å². The third-order valence-corrected chi connectivity index (χ3v) is 7.23. The summed E-state index contributed by atoms with van der Waals surface area (Å²) in [5.41, 5.74) is 0.969. The maximum atomic E-state index is 13.0. The first-order chi connectivity index (χ1) is 12.4. The summed E-state index contributed by atoms with van der Waals surface area (Å²) in [6.45, 7) is 5.24. The Kier molecular flexibility index (Phi) is 5.82. The van der Waals surface area contributed by atoms with E-state index in [2.05, 4.69) is 4.90 Å². The normalized spacial score (nSPS) is 20.4. The minimum atomic E-state index is -3.16. The zero-order valence-electron chi connectivity index (χ0n) is 15.1. The number of piperidine rings is 1. The molecule has 8 heteroatoms. The molecule has 2 aliphatic rings. The van der Waals surface area contributed by atoms with Gasteiger partial charge in [-0.2, -0.15) is 0 Å². The number of carbonyl (C=O) groups excluding carboxylic acids is 1. The molecule has 2 heterocycles. The quantitative estimate of drug-likeness (QED) is 0.791. The van der Waals surface area contributed by atoms with E-state index in [1.807, 2.05) is 4.90 Å². The van der Waals surface area contributed by atoms with Crippen LogP contribution >= 0.6 is 0 Å². The van der Waals surface area contributed by atoms with E-state index >= 15 is 0 Å². The highest BCUT2D eigenvalue weighted by atomic mass is 32.2. The largest absolute Gasteiger partial charge is 0.368 e. The summed E-state index contributed by atoms with van der Waals surface area (Å²) in [7, 11) is -3.16. The molecule has 144 valence electrons. The average molecular weight is 383 g/mol. The average Bonchev–Trinajstić information content (AvgIpc) is 2.68. The molecule has 2 aliphatic heterocycles. The predicted octanol–water partition coefficient (Wildman–Crippen LogP) is 1.54. The van der Waals surface area contributed by atoms with Crippen LogP contribution in [-0.2, 0) is 14.8 Å². The van der Waals surface area contributed by atoms with Crippen molar-refractivity contribution >= 4 is 21.6 Å². The second-order valence-electron chi connectivity index (χ2n) is 6.86. The molecule has 1 aromatic rings. The Morgan fingerprint density at radius 2 is 1.62 bits per heavy atom. The fourth-order valence-electron chi connectivity index (χ4n) is 3.66. The molecule has 6 nitrogen and oxygen atoms in total. The number of hydrogen-bond donors (Lipinski definition) is 0. The lowest BCUT2D eigenvalue weighted by atomic mass is 9.96. The highest BCUT2D eigenvalue weighted by Gasteiger charge is 2.33. The lowest BCUT2D eigenvalue weighted by Crippen LogP contribution is -2.52.